The molecule has 0 saturated heterocycles. The van der Waals surface area contributed by atoms with Crippen LogP contribution in [0.15, 0.2) is 18.2 Å². The van der Waals surface area contributed by atoms with Crippen LogP contribution in [0.4, 0.5) is 5.69 Å². The van der Waals surface area contributed by atoms with Crippen LogP contribution in [0.5, 0.6) is 0 Å². The van der Waals surface area contributed by atoms with Gasteiger partial charge >= 0.3 is 0 Å². The van der Waals surface area contributed by atoms with E-state index in [9.17, 15) is 4.79 Å². The molecule has 1 heterocycles. The molecule has 1 aromatic carbocycles. The summed E-state index contributed by atoms with van der Waals surface area (Å²) in [5.74, 6) is -0.0714. The molecule has 2 aromatic rings. The lowest BCUT2D eigenvalue weighted by Gasteiger charge is -2.04. The average molecular weight is 291 g/mol. The van der Waals surface area contributed by atoms with Gasteiger partial charge in [-0.25, -0.2) is 0 Å². The number of aryl methyl sites for hydroxylation is 1. The Morgan fingerprint density at radius 2 is 2.15 bits per heavy atom. The number of anilines is 1. The summed E-state index contributed by atoms with van der Waals surface area (Å²) in [6.07, 6.45) is 0.920. The maximum atomic E-state index is 12.2. The van der Waals surface area contributed by atoms with Gasteiger partial charge in [0.2, 0.25) is 0 Å². The number of carbonyl (C=O) groups excluding carboxylic acids is 1. The fourth-order valence-electron chi connectivity index (χ4n) is 2.07. The van der Waals surface area contributed by atoms with Crippen molar-refractivity contribution in [1.29, 1.82) is 0 Å². The lowest BCUT2D eigenvalue weighted by Crippen LogP contribution is -2.27. The zero-order valence-corrected chi connectivity index (χ0v) is 12.8. The van der Waals surface area contributed by atoms with Gasteiger partial charge in [-0.1, -0.05) is 18.6 Å². The summed E-state index contributed by atoms with van der Waals surface area (Å²) in [5, 5.41) is 7.13. The van der Waals surface area contributed by atoms with Crippen molar-refractivity contribution >= 4 is 33.0 Å². The molecule has 0 aliphatic carbocycles. The molecule has 0 unspecified atom stereocenters. The number of nitrogens with one attached hydrogen (secondary N) is 2. The molecule has 108 valence electrons. The van der Waals surface area contributed by atoms with Crippen LogP contribution in [0.3, 0.4) is 0 Å². The molecule has 4 N–H and O–H groups in total. The van der Waals surface area contributed by atoms with Crippen LogP contribution in [-0.2, 0) is 0 Å². The summed E-state index contributed by atoms with van der Waals surface area (Å²) in [7, 11) is 0. The van der Waals surface area contributed by atoms with Crippen molar-refractivity contribution in [2.75, 3.05) is 25.4 Å². The van der Waals surface area contributed by atoms with Crippen molar-refractivity contribution in [1.82, 2.24) is 10.6 Å². The fraction of sp³-hybridized carbons (Fsp3) is 0.400. The second-order valence-electron chi connectivity index (χ2n) is 4.81. The Kier molecular flexibility index (Phi) is 4.98. The Morgan fingerprint density at radius 3 is 2.90 bits per heavy atom. The van der Waals surface area contributed by atoms with E-state index in [2.05, 4.69) is 17.6 Å². The summed E-state index contributed by atoms with van der Waals surface area (Å²) in [5.41, 5.74) is 7.85. The van der Waals surface area contributed by atoms with Crippen molar-refractivity contribution in [3.63, 3.8) is 0 Å². The van der Waals surface area contributed by atoms with Crippen LogP contribution in [0, 0.1) is 6.92 Å². The molecule has 5 heteroatoms. The lowest BCUT2D eigenvalue weighted by atomic mass is 10.1. The van der Waals surface area contributed by atoms with Crippen LogP contribution in [-0.4, -0.2) is 25.5 Å². The molecule has 0 fully saturated rings. The molecule has 4 nitrogen and oxygen atoms in total. The van der Waals surface area contributed by atoms with Gasteiger partial charge in [0.25, 0.3) is 5.91 Å². The zero-order chi connectivity index (χ0) is 14.5. The van der Waals surface area contributed by atoms with E-state index in [4.69, 9.17) is 5.73 Å². The predicted octanol–water partition coefficient (Wildman–Crippen LogP) is 2.52. The Hall–Kier alpha value is -1.59. The van der Waals surface area contributed by atoms with Crippen LogP contribution in [0.1, 0.15) is 28.6 Å². The van der Waals surface area contributed by atoms with Gasteiger partial charge < -0.3 is 16.4 Å². The monoisotopic (exact) mass is 291 g/mol. The van der Waals surface area contributed by atoms with E-state index in [0.29, 0.717) is 17.1 Å². The van der Waals surface area contributed by atoms with Gasteiger partial charge in [0.05, 0.1) is 5.69 Å². The van der Waals surface area contributed by atoms with E-state index in [-0.39, 0.29) is 5.91 Å². The highest BCUT2D eigenvalue weighted by molar-refractivity contribution is 7.21. The van der Waals surface area contributed by atoms with Gasteiger partial charge in [-0.2, -0.15) is 0 Å². The normalized spacial score (nSPS) is 10.9. The number of rotatable bonds is 6. The quantitative estimate of drug-likeness (QED) is 0.716. The molecule has 0 aliphatic rings. The first kappa shape index (κ1) is 14.8. The Morgan fingerprint density at radius 1 is 1.35 bits per heavy atom. The molecular formula is C15H21N3OS. The average Bonchev–Trinajstić information content (AvgIpc) is 2.76. The first-order chi connectivity index (χ1) is 9.63. The Labute approximate surface area is 123 Å². The number of amides is 1. The van der Waals surface area contributed by atoms with Crippen molar-refractivity contribution < 1.29 is 4.79 Å². The number of thiophene rings is 1. The third kappa shape index (κ3) is 3.29. The van der Waals surface area contributed by atoms with Gasteiger partial charge in [0.15, 0.2) is 0 Å². The number of carbonyl (C=O) groups is 1. The molecule has 20 heavy (non-hydrogen) atoms. The number of hydrogen-bond donors (Lipinski definition) is 3. The minimum Gasteiger partial charge on any atom is -0.397 e. The topological polar surface area (TPSA) is 67.1 Å². The number of nitrogens with two attached hydrogens (primary N) is 1. The lowest BCUT2D eigenvalue weighted by molar-refractivity contribution is 0.0958. The maximum absolute atomic E-state index is 12.2. The minimum atomic E-state index is -0.0714. The summed E-state index contributed by atoms with van der Waals surface area (Å²) >= 11 is 1.46. The van der Waals surface area contributed by atoms with Crippen LogP contribution in [0.2, 0.25) is 0 Å². The van der Waals surface area contributed by atoms with Crippen molar-refractivity contribution in [3.8, 4) is 0 Å². The third-order valence-corrected chi connectivity index (χ3v) is 4.34. The van der Waals surface area contributed by atoms with Gasteiger partial charge in [-0.15, -0.1) is 11.3 Å². The van der Waals surface area contributed by atoms with E-state index < -0.39 is 0 Å². The molecule has 2 rings (SSSR count). The van der Waals surface area contributed by atoms with Crippen LogP contribution in [0.25, 0.3) is 10.1 Å². The van der Waals surface area contributed by atoms with Crippen LogP contribution >= 0.6 is 11.3 Å². The van der Waals surface area contributed by atoms with Crippen molar-refractivity contribution in [2.45, 2.75) is 20.3 Å². The molecule has 0 radical (unpaired) electrons. The number of benzene rings is 1. The Bertz CT molecular complexity index is 606. The van der Waals surface area contributed by atoms with Crippen molar-refractivity contribution in [3.05, 3.63) is 28.6 Å². The van der Waals surface area contributed by atoms with Gasteiger partial charge in [-0.3, -0.25) is 4.79 Å². The van der Waals surface area contributed by atoms with E-state index in [1.807, 2.05) is 25.1 Å². The highest BCUT2D eigenvalue weighted by Crippen LogP contribution is 2.34. The largest absolute Gasteiger partial charge is 0.397 e. The van der Waals surface area contributed by atoms with E-state index in [1.165, 1.54) is 11.3 Å². The molecule has 0 saturated carbocycles. The third-order valence-electron chi connectivity index (χ3n) is 3.15. The molecule has 0 atom stereocenters. The molecule has 0 bridgehead atoms. The minimum absolute atomic E-state index is 0.0714. The number of hydrogen-bond acceptors (Lipinski definition) is 4. The zero-order valence-electron chi connectivity index (χ0n) is 12.0. The molecule has 0 spiro atoms. The summed E-state index contributed by atoms with van der Waals surface area (Å²) in [6.45, 7) is 6.63. The standard InChI is InChI=1S/C15H21N3OS/c1-3-17-7-4-8-18-15(19)14-13(16)11-9-10(2)5-6-12(11)20-14/h5-6,9,17H,3-4,7-8,16H2,1-2H3,(H,18,19). The maximum Gasteiger partial charge on any atom is 0.263 e. The molecule has 0 aliphatic heterocycles. The smallest absolute Gasteiger partial charge is 0.263 e. The second-order valence-corrected chi connectivity index (χ2v) is 5.86. The second kappa shape index (κ2) is 6.72. The molecular weight excluding hydrogens is 270 g/mol. The molecule has 1 amide bonds. The van der Waals surface area contributed by atoms with Gasteiger partial charge in [0, 0.05) is 16.6 Å². The predicted molar refractivity (Wildman–Crippen MR) is 86.5 cm³/mol. The summed E-state index contributed by atoms with van der Waals surface area (Å²) in [4.78, 5) is 12.8. The summed E-state index contributed by atoms with van der Waals surface area (Å²) < 4.78 is 1.06. The van der Waals surface area contributed by atoms with Gasteiger partial charge in [0.1, 0.15) is 4.88 Å². The summed E-state index contributed by atoms with van der Waals surface area (Å²) in [6, 6.07) is 6.09. The molecule has 1 aromatic heterocycles. The van der Waals surface area contributed by atoms with Gasteiger partial charge in [-0.05, 0) is 38.6 Å². The fourth-order valence-corrected chi connectivity index (χ4v) is 3.09. The van der Waals surface area contributed by atoms with Crippen LogP contribution < -0.4 is 16.4 Å². The first-order valence-electron chi connectivity index (χ1n) is 6.91. The first-order valence-corrected chi connectivity index (χ1v) is 7.72. The van der Waals surface area contributed by atoms with Crippen molar-refractivity contribution in [2.24, 2.45) is 0 Å². The highest BCUT2D eigenvalue weighted by Gasteiger charge is 2.15. The van der Waals surface area contributed by atoms with E-state index >= 15 is 0 Å². The SMILES string of the molecule is CCNCCCNC(=O)c1sc2ccc(C)cc2c1N. The Balaban J connectivity index is 2.05. The van der Waals surface area contributed by atoms with E-state index in [1.54, 1.807) is 0 Å². The number of nitrogen functional groups attached to an aromatic ring is 1. The van der Waals surface area contributed by atoms with E-state index in [0.717, 1.165) is 35.2 Å². The highest BCUT2D eigenvalue weighted by atomic mass is 32.1. The number of fused-ring (bicyclic) bond motifs is 1.